The van der Waals surface area contributed by atoms with E-state index in [9.17, 15) is 33.2 Å². The Morgan fingerprint density at radius 3 is 2.00 bits per heavy atom. The van der Waals surface area contributed by atoms with Crippen LogP contribution in [0.4, 0.5) is 0 Å². The summed E-state index contributed by atoms with van der Waals surface area (Å²) in [5.74, 6) is -0.624. The monoisotopic (exact) mass is 723 g/mol. The molecule has 0 radical (unpaired) electrons. The van der Waals surface area contributed by atoms with Gasteiger partial charge in [0.2, 0.25) is 0 Å². The number of carbonyl (C=O) groups excluding carboxylic acids is 2. The summed E-state index contributed by atoms with van der Waals surface area (Å²) in [6.45, 7) is 2.27. The lowest BCUT2D eigenvalue weighted by molar-refractivity contribution is -0.132. The minimum Gasteiger partial charge on any atom is -0.427 e. The van der Waals surface area contributed by atoms with Crippen LogP contribution >= 0.6 is 15.6 Å². The van der Waals surface area contributed by atoms with Crippen molar-refractivity contribution in [2.45, 2.75) is 58.8 Å². The minimum absolute atomic E-state index is 0.0583. The average molecular weight is 724 g/mol. The molecule has 262 valence electrons. The number of H-pyrrole nitrogens is 1. The van der Waals surface area contributed by atoms with Crippen molar-refractivity contribution in [1.82, 2.24) is 9.55 Å². The number of hydrogen-bond donors (Lipinski definition) is 2. The summed E-state index contributed by atoms with van der Waals surface area (Å²) in [6.07, 6.45) is -1.03. The summed E-state index contributed by atoms with van der Waals surface area (Å²) < 4.78 is 64.3. The molecule has 49 heavy (non-hydrogen) atoms. The van der Waals surface area contributed by atoms with Gasteiger partial charge in [0.15, 0.2) is 0 Å². The molecule has 2 aromatic carbocycles. The third-order valence-corrected chi connectivity index (χ3v) is 9.61. The number of ether oxygens (including phenoxy) is 3. The number of phosphoric acid groups is 2. The smallest absolute Gasteiger partial charge is 0.427 e. The molecule has 1 aliphatic rings. The Balaban J connectivity index is 1.48. The number of aryl methyl sites for hydroxylation is 1. The number of hydrogen-bond acceptors (Lipinski definition) is 14. The quantitative estimate of drug-likeness (QED) is 0.0552. The van der Waals surface area contributed by atoms with Crippen LogP contribution in [0.15, 0.2) is 69.4 Å². The standard InChI is InChI=1S/C28H31N5O14P2/c1-17-13-33(28(37)30-27(17)36)26-12-24(31-32-29)25(46-26)16-41-48(38,39)47-49(40,42-14-20-4-8-22(9-5-20)44-18(2)34)43-15-21-6-10-23(11-7-21)45-19(3)35/h4-11,13,24-26H,12,14-16H2,1-3H3,(H,38,39)(H,30,36,37)/t24-,25+,26+/m0/s1. The molecule has 1 saturated heterocycles. The van der Waals surface area contributed by atoms with Crippen LogP contribution in [0.3, 0.4) is 0 Å². The predicted octanol–water partition coefficient (Wildman–Crippen LogP) is 4.34. The van der Waals surface area contributed by atoms with Gasteiger partial charge in [-0.05, 0) is 47.8 Å². The van der Waals surface area contributed by atoms with Gasteiger partial charge in [-0.3, -0.25) is 37.5 Å². The van der Waals surface area contributed by atoms with Gasteiger partial charge in [-0.25, -0.2) is 13.9 Å². The number of carbonyl (C=O) groups is 2. The van der Waals surface area contributed by atoms with Crippen molar-refractivity contribution in [1.29, 1.82) is 0 Å². The summed E-state index contributed by atoms with van der Waals surface area (Å²) in [4.78, 5) is 62.0. The molecule has 1 aliphatic heterocycles. The number of benzene rings is 2. The predicted molar refractivity (Wildman–Crippen MR) is 167 cm³/mol. The summed E-state index contributed by atoms with van der Waals surface area (Å²) in [6, 6.07) is 10.7. The van der Waals surface area contributed by atoms with E-state index >= 15 is 0 Å². The third-order valence-electron chi connectivity index (χ3n) is 6.61. The highest BCUT2D eigenvalue weighted by atomic mass is 31.3. The Morgan fingerprint density at radius 2 is 1.51 bits per heavy atom. The van der Waals surface area contributed by atoms with Gasteiger partial charge >= 0.3 is 33.3 Å². The first-order chi connectivity index (χ1) is 23.1. The number of aromatic nitrogens is 2. The zero-order valence-electron chi connectivity index (χ0n) is 26.2. The van der Waals surface area contributed by atoms with Crippen LogP contribution in [-0.2, 0) is 54.6 Å². The Hall–Kier alpha value is -4.41. The molecule has 0 bridgehead atoms. The van der Waals surface area contributed by atoms with Crippen LogP contribution in [0.5, 0.6) is 11.5 Å². The number of aromatic amines is 1. The maximum Gasteiger partial charge on any atom is 0.484 e. The highest BCUT2D eigenvalue weighted by Gasteiger charge is 2.42. The molecule has 19 nitrogen and oxygen atoms in total. The fourth-order valence-electron chi connectivity index (χ4n) is 4.37. The molecule has 0 spiro atoms. The van der Waals surface area contributed by atoms with Crippen LogP contribution in [-0.4, -0.2) is 45.1 Å². The van der Waals surface area contributed by atoms with Gasteiger partial charge in [0.1, 0.15) is 17.7 Å². The van der Waals surface area contributed by atoms with Crippen molar-refractivity contribution in [3.63, 3.8) is 0 Å². The highest BCUT2D eigenvalue weighted by Crippen LogP contribution is 2.64. The van der Waals surface area contributed by atoms with Crippen LogP contribution in [0.25, 0.3) is 10.4 Å². The van der Waals surface area contributed by atoms with E-state index in [2.05, 4.69) is 15.0 Å². The van der Waals surface area contributed by atoms with E-state index in [0.29, 0.717) is 11.1 Å². The van der Waals surface area contributed by atoms with Crippen molar-refractivity contribution in [3.05, 3.63) is 103 Å². The molecule has 4 atom stereocenters. The lowest BCUT2D eigenvalue weighted by Gasteiger charge is -2.22. The van der Waals surface area contributed by atoms with Gasteiger partial charge < -0.3 is 19.1 Å². The summed E-state index contributed by atoms with van der Waals surface area (Å²) in [5, 5.41) is 3.61. The van der Waals surface area contributed by atoms with E-state index in [1.54, 1.807) is 0 Å². The van der Waals surface area contributed by atoms with Gasteiger partial charge in [-0.15, -0.1) is 0 Å². The third kappa shape index (κ3) is 11.1. The molecule has 1 aromatic heterocycles. The second kappa shape index (κ2) is 16.3. The molecule has 0 aliphatic carbocycles. The van der Waals surface area contributed by atoms with Crippen LogP contribution in [0, 0.1) is 6.92 Å². The fourth-order valence-corrected chi connectivity index (χ4v) is 6.97. The van der Waals surface area contributed by atoms with Crippen molar-refractivity contribution in [2.75, 3.05) is 6.61 Å². The SMILES string of the molecule is CC(=O)Oc1ccc(COP(=O)(OCc2ccc(OC(C)=O)cc2)OP(=O)(O)OC[C@H]2O[C@@H](n3cc(C)c(=O)[nH]c3=O)C[C@@H]2N=[N+]=[N-])cc1. The first kappa shape index (κ1) is 37.4. The summed E-state index contributed by atoms with van der Waals surface area (Å²) >= 11 is 0. The maximum atomic E-state index is 13.7. The first-order valence-corrected chi connectivity index (χ1v) is 17.2. The van der Waals surface area contributed by atoms with Crippen LogP contribution in [0.1, 0.15) is 43.2 Å². The zero-order valence-corrected chi connectivity index (χ0v) is 28.0. The number of esters is 2. The molecule has 1 fully saturated rings. The molecular weight excluding hydrogens is 692 g/mol. The fraction of sp³-hybridized carbons (Fsp3) is 0.357. The van der Waals surface area contributed by atoms with Crippen LogP contribution < -0.4 is 20.7 Å². The Morgan fingerprint density at radius 1 is 0.980 bits per heavy atom. The van der Waals surface area contributed by atoms with Crippen molar-refractivity contribution in [2.24, 2.45) is 5.11 Å². The van der Waals surface area contributed by atoms with E-state index in [1.165, 1.54) is 75.5 Å². The Bertz CT molecular complexity index is 1860. The van der Waals surface area contributed by atoms with Gasteiger partial charge in [0.05, 0.1) is 32.0 Å². The highest BCUT2D eigenvalue weighted by molar-refractivity contribution is 7.61. The van der Waals surface area contributed by atoms with E-state index in [4.69, 9.17) is 37.6 Å². The Labute approximate surface area is 277 Å². The zero-order chi connectivity index (χ0) is 35.8. The van der Waals surface area contributed by atoms with E-state index < -0.39 is 77.0 Å². The molecule has 4 rings (SSSR count). The van der Waals surface area contributed by atoms with E-state index in [-0.39, 0.29) is 23.5 Å². The number of phosphoric ester groups is 2. The van der Waals surface area contributed by atoms with Crippen molar-refractivity contribution < 1.29 is 55.7 Å². The van der Waals surface area contributed by atoms with Crippen molar-refractivity contribution >= 4 is 27.6 Å². The van der Waals surface area contributed by atoms with E-state index in [1.807, 2.05) is 0 Å². The number of azide groups is 1. The average Bonchev–Trinajstić information content (AvgIpc) is 3.43. The normalized spacial score (nSPS) is 18.7. The second-order valence-corrected chi connectivity index (χ2v) is 13.7. The van der Waals surface area contributed by atoms with Crippen LogP contribution in [0.2, 0.25) is 0 Å². The van der Waals surface area contributed by atoms with Gasteiger partial charge in [-0.1, -0.05) is 29.4 Å². The molecular formula is C28H31N5O14P2. The van der Waals surface area contributed by atoms with Gasteiger partial charge in [0, 0.05) is 36.9 Å². The molecule has 2 N–H and O–H groups in total. The lowest BCUT2D eigenvalue weighted by atomic mass is 10.1. The second-order valence-electron chi connectivity index (χ2n) is 10.4. The molecule has 21 heteroatoms. The van der Waals surface area contributed by atoms with Gasteiger partial charge in [0.25, 0.3) is 5.56 Å². The summed E-state index contributed by atoms with van der Waals surface area (Å²) in [5.41, 5.74) is 8.61. The molecule has 1 unspecified atom stereocenters. The summed E-state index contributed by atoms with van der Waals surface area (Å²) in [7, 11) is -10.2. The van der Waals surface area contributed by atoms with Gasteiger partial charge in [-0.2, -0.15) is 4.31 Å². The molecule has 0 amide bonds. The molecule has 3 aromatic rings. The Kier molecular flexibility index (Phi) is 12.5. The molecule has 0 saturated carbocycles. The minimum atomic E-state index is -5.28. The molecule has 2 heterocycles. The number of nitrogens with one attached hydrogen (secondary N) is 1. The lowest BCUT2D eigenvalue weighted by Crippen LogP contribution is -2.33. The van der Waals surface area contributed by atoms with E-state index in [0.717, 1.165) is 4.57 Å². The number of nitrogens with zero attached hydrogens (tertiary/aromatic N) is 4. The maximum absolute atomic E-state index is 13.7. The number of rotatable bonds is 15. The topological polar surface area (TPSA) is 257 Å². The largest absolute Gasteiger partial charge is 0.484 e. The van der Waals surface area contributed by atoms with Crippen molar-refractivity contribution in [3.8, 4) is 11.5 Å². The first-order valence-electron chi connectivity index (χ1n) is 14.3.